The lowest BCUT2D eigenvalue weighted by atomic mass is 10.1. The minimum Gasteiger partial charge on any atom is -0.340 e. The van der Waals surface area contributed by atoms with Gasteiger partial charge in [0, 0.05) is 12.1 Å². The van der Waals surface area contributed by atoms with E-state index in [2.05, 4.69) is 15.6 Å². The van der Waals surface area contributed by atoms with Gasteiger partial charge in [-0.2, -0.15) is 0 Å². The topological polar surface area (TPSA) is 54.0 Å². The molecule has 126 valence electrons. The predicted molar refractivity (Wildman–Crippen MR) is 97.3 cm³/mol. The van der Waals surface area contributed by atoms with E-state index in [-0.39, 0.29) is 11.7 Å². The number of nitrogens with one attached hydrogen (secondary N) is 2. The van der Waals surface area contributed by atoms with E-state index >= 15 is 0 Å². The monoisotopic (exact) mass is 335 g/mol. The molecule has 0 aliphatic carbocycles. The minimum atomic E-state index is -0.285. The molecule has 1 heterocycles. The van der Waals surface area contributed by atoms with Crippen LogP contribution < -0.4 is 10.6 Å². The summed E-state index contributed by atoms with van der Waals surface area (Å²) in [4.78, 5) is 16.3. The van der Waals surface area contributed by atoms with Crippen LogP contribution in [0.15, 0.2) is 72.9 Å². The summed E-state index contributed by atoms with van der Waals surface area (Å²) in [7, 11) is 0. The van der Waals surface area contributed by atoms with Crippen molar-refractivity contribution in [1.82, 2.24) is 4.98 Å². The highest BCUT2D eigenvalue weighted by molar-refractivity contribution is 5.90. The van der Waals surface area contributed by atoms with Crippen LogP contribution in [0.3, 0.4) is 0 Å². The maximum Gasteiger partial charge on any atom is 0.224 e. The first kappa shape index (κ1) is 16.6. The van der Waals surface area contributed by atoms with Crippen LogP contribution in [-0.2, 0) is 11.2 Å². The highest BCUT2D eigenvalue weighted by Crippen LogP contribution is 2.16. The van der Waals surface area contributed by atoms with Crippen molar-refractivity contribution < 1.29 is 9.18 Å². The van der Waals surface area contributed by atoms with E-state index in [4.69, 9.17) is 0 Å². The van der Waals surface area contributed by atoms with Gasteiger partial charge in [0.05, 0.1) is 11.9 Å². The summed E-state index contributed by atoms with van der Waals surface area (Å²) in [5, 5.41) is 5.90. The molecule has 0 unspecified atom stereocenters. The van der Waals surface area contributed by atoms with Crippen molar-refractivity contribution in [2.75, 3.05) is 10.6 Å². The minimum absolute atomic E-state index is 0.0510. The molecule has 0 radical (unpaired) electrons. The number of aryl methyl sites for hydroxylation is 1. The number of carbonyl (C=O) groups is 1. The van der Waals surface area contributed by atoms with E-state index in [1.807, 2.05) is 30.3 Å². The fraction of sp³-hybridized carbons (Fsp3) is 0.100. The second-order valence-electron chi connectivity index (χ2n) is 5.60. The first-order chi connectivity index (χ1) is 12.2. The van der Waals surface area contributed by atoms with Gasteiger partial charge in [-0.3, -0.25) is 4.79 Å². The first-order valence-electron chi connectivity index (χ1n) is 8.01. The Labute approximate surface area is 145 Å². The third-order valence-electron chi connectivity index (χ3n) is 3.65. The van der Waals surface area contributed by atoms with Crippen LogP contribution >= 0.6 is 0 Å². The molecule has 5 heteroatoms. The van der Waals surface area contributed by atoms with Crippen LogP contribution in [0.1, 0.15) is 12.0 Å². The zero-order valence-corrected chi connectivity index (χ0v) is 13.6. The van der Waals surface area contributed by atoms with Gasteiger partial charge in [-0.15, -0.1) is 0 Å². The fourth-order valence-electron chi connectivity index (χ4n) is 2.35. The van der Waals surface area contributed by atoms with Crippen LogP contribution in [0, 0.1) is 5.82 Å². The second kappa shape index (κ2) is 8.06. The van der Waals surface area contributed by atoms with Crippen molar-refractivity contribution in [1.29, 1.82) is 0 Å². The summed E-state index contributed by atoms with van der Waals surface area (Å²) in [6.45, 7) is 0. The third kappa shape index (κ3) is 5.14. The third-order valence-corrected chi connectivity index (χ3v) is 3.65. The number of rotatable bonds is 6. The molecule has 25 heavy (non-hydrogen) atoms. The summed E-state index contributed by atoms with van der Waals surface area (Å²) in [6.07, 6.45) is 2.70. The Kier molecular flexibility index (Phi) is 5.36. The molecule has 1 amide bonds. The zero-order valence-electron chi connectivity index (χ0n) is 13.6. The lowest BCUT2D eigenvalue weighted by Crippen LogP contribution is -2.12. The van der Waals surface area contributed by atoms with Crippen molar-refractivity contribution in [3.63, 3.8) is 0 Å². The Morgan fingerprint density at radius 2 is 1.64 bits per heavy atom. The number of hydrogen-bond donors (Lipinski definition) is 2. The Balaban J connectivity index is 1.51. The van der Waals surface area contributed by atoms with E-state index in [9.17, 15) is 9.18 Å². The molecular formula is C20H18FN3O. The Hall–Kier alpha value is -3.21. The smallest absolute Gasteiger partial charge is 0.224 e. The number of anilines is 3. The summed E-state index contributed by atoms with van der Waals surface area (Å²) < 4.78 is 12.9. The molecule has 0 bridgehead atoms. The number of benzene rings is 2. The van der Waals surface area contributed by atoms with Gasteiger partial charge in [-0.1, -0.05) is 30.3 Å². The maximum absolute atomic E-state index is 12.9. The maximum atomic E-state index is 12.9. The number of hydrogen-bond acceptors (Lipinski definition) is 3. The van der Waals surface area contributed by atoms with Gasteiger partial charge in [-0.25, -0.2) is 9.37 Å². The van der Waals surface area contributed by atoms with Gasteiger partial charge in [0.25, 0.3) is 0 Å². The van der Waals surface area contributed by atoms with Crippen LogP contribution in [-0.4, -0.2) is 10.9 Å². The molecule has 3 rings (SSSR count). The van der Waals surface area contributed by atoms with Gasteiger partial charge in [0.15, 0.2) is 0 Å². The SMILES string of the molecule is O=C(CCc1ccccc1)Nc1ccc(Nc2ccc(F)cc2)nc1. The Morgan fingerprint density at radius 3 is 2.32 bits per heavy atom. The van der Waals surface area contributed by atoms with E-state index < -0.39 is 0 Å². The quantitative estimate of drug-likeness (QED) is 0.695. The van der Waals surface area contributed by atoms with Crippen LogP contribution in [0.4, 0.5) is 21.6 Å². The highest BCUT2D eigenvalue weighted by atomic mass is 19.1. The molecule has 0 saturated heterocycles. The summed E-state index contributed by atoms with van der Waals surface area (Å²) in [5.41, 5.74) is 2.52. The molecule has 0 fully saturated rings. The molecule has 3 aromatic rings. The van der Waals surface area contributed by atoms with Crippen LogP contribution in [0.25, 0.3) is 0 Å². The van der Waals surface area contributed by atoms with E-state index in [0.717, 1.165) is 11.3 Å². The standard InChI is InChI=1S/C20H18FN3O/c21-16-7-9-17(10-8-16)23-19-12-11-18(14-22-19)24-20(25)13-6-15-4-2-1-3-5-15/h1-5,7-12,14H,6,13H2,(H,22,23)(H,24,25). The molecule has 0 atom stereocenters. The molecule has 4 nitrogen and oxygen atoms in total. The number of pyridine rings is 1. The largest absolute Gasteiger partial charge is 0.340 e. The molecular weight excluding hydrogens is 317 g/mol. The van der Waals surface area contributed by atoms with Crippen molar-refractivity contribution in [3.05, 3.63) is 84.3 Å². The van der Waals surface area contributed by atoms with Crippen molar-refractivity contribution >= 4 is 23.1 Å². The molecule has 0 spiro atoms. The predicted octanol–water partition coefficient (Wildman–Crippen LogP) is 4.54. The average Bonchev–Trinajstić information content (AvgIpc) is 2.64. The lowest BCUT2D eigenvalue weighted by molar-refractivity contribution is -0.116. The normalized spacial score (nSPS) is 10.3. The van der Waals surface area contributed by atoms with Crippen LogP contribution in [0.2, 0.25) is 0 Å². The average molecular weight is 335 g/mol. The van der Waals surface area contributed by atoms with Crippen molar-refractivity contribution in [2.24, 2.45) is 0 Å². The number of amides is 1. The number of halogens is 1. The highest BCUT2D eigenvalue weighted by Gasteiger charge is 2.04. The molecule has 2 N–H and O–H groups in total. The van der Waals surface area contributed by atoms with E-state index in [1.54, 1.807) is 30.5 Å². The molecule has 1 aromatic heterocycles. The zero-order chi connectivity index (χ0) is 17.5. The van der Waals surface area contributed by atoms with Gasteiger partial charge < -0.3 is 10.6 Å². The second-order valence-corrected chi connectivity index (χ2v) is 5.60. The Bertz CT molecular complexity index is 818. The van der Waals surface area contributed by atoms with Crippen molar-refractivity contribution in [2.45, 2.75) is 12.8 Å². The Morgan fingerprint density at radius 1 is 0.920 bits per heavy atom. The molecule has 2 aromatic carbocycles. The summed E-state index contributed by atoms with van der Waals surface area (Å²) in [6, 6.07) is 19.5. The van der Waals surface area contributed by atoms with Gasteiger partial charge in [0.2, 0.25) is 5.91 Å². The van der Waals surface area contributed by atoms with Gasteiger partial charge >= 0.3 is 0 Å². The van der Waals surface area contributed by atoms with Gasteiger partial charge in [-0.05, 0) is 48.4 Å². The molecule has 0 saturated carbocycles. The molecule has 0 aliphatic rings. The first-order valence-corrected chi connectivity index (χ1v) is 8.01. The lowest BCUT2D eigenvalue weighted by Gasteiger charge is -2.08. The van der Waals surface area contributed by atoms with Gasteiger partial charge in [0.1, 0.15) is 11.6 Å². The van der Waals surface area contributed by atoms with Crippen molar-refractivity contribution in [3.8, 4) is 0 Å². The fourth-order valence-corrected chi connectivity index (χ4v) is 2.35. The summed E-state index contributed by atoms with van der Waals surface area (Å²) in [5.74, 6) is 0.283. The van der Waals surface area contributed by atoms with E-state index in [0.29, 0.717) is 24.3 Å². The van der Waals surface area contributed by atoms with E-state index in [1.165, 1.54) is 12.1 Å². The number of nitrogens with zero attached hydrogens (tertiary/aromatic N) is 1. The number of aromatic nitrogens is 1. The van der Waals surface area contributed by atoms with Crippen LogP contribution in [0.5, 0.6) is 0 Å². The molecule has 0 aliphatic heterocycles. The number of carbonyl (C=O) groups excluding carboxylic acids is 1. The summed E-state index contributed by atoms with van der Waals surface area (Å²) >= 11 is 0.